The van der Waals surface area contributed by atoms with E-state index in [0.29, 0.717) is 0 Å². The standard InChI is InChI=1S/C26H29.Zr/c1-3-7-20-10-12-23(13-11-20)25-15-19(2)14-24-17-22(18-26(24)25)16-21-8-5-4-6-9-21;/h10-16,18,21H,3-9H2,1-2H3;/q-1;. The Balaban J connectivity index is 0.00000210. The monoisotopic (exact) mass is 431 g/mol. The van der Waals surface area contributed by atoms with Crippen LogP contribution in [0.4, 0.5) is 0 Å². The summed E-state index contributed by atoms with van der Waals surface area (Å²) in [6.45, 7) is 4.43. The average Bonchev–Trinajstić information content (AvgIpc) is 3.05. The second-order valence-electron chi connectivity index (χ2n) is 8.01. The molecule has 0 heterocycles. The fourth-order valence-electron chi connectivity index (χ4n) is 4.43. The maximum absolute atomic E-state index is 3.67. The van der Waals surface area contributed by atoms with Gasteiger partial charge in [0, 0.05) is 26.2 Å². The van der Waals surface area contributed by atoms with E-state index in [0.717, 1.165) is 12.3 Å². The molecule has 0 N–H and O–H groups in total. The first-order valence-corrected chi connectivity index (χ1v) is 10.3. The van der Waals surface area contributed by atoms with E-state index in [2.05, 4.69) is 68.5 Å². The molecule has 1 fully saturated rings. The van der Waals surface area contributed by atoms with Crippen LogP contribution in [-0.4, -0.2) is 0 Å². The molecule has 0 amide bonds. The minimum Gasteiger partial charge on any atom is -0.145 e. The van der Waals surface area contributed by atoms with Gasteiger partial charge in [-0.1, -0.05) is 86.9 Å². The second kappa shape index (κ2) is 9.33. The number of aryl methyl sites for hydroxylation is 2. The van der Waals surface area contributed by atoms with Gasteiger partial charge in [0.25, 0.3) is 0 Å². The van der Waals surface area contributed by atoms with Gasteiger partial charge in [-0.05, 0) is 30.4 Å². The van der Waals surface area contributed by atoms with E-state index in [4.69, 9.17) is 0 Å². The molecular formula is C26H29Zr-. The Hall–Kier alpha value is -1.20. The van der Waals surface area contributed by atoms with Gasteiger partial charge < -0.3 is 0 Å². The van der Waals surface area contributed by atoms with Crippen molar-refractivity contribution in [2.45, 2.75) is 58.8 Å². The third-order valence-corrected chi connectivity index (χ3v) is 5.77. The van der Waals surface area contributed by atoms with Crippen molar-refractivity contribution in [3.8, 4) is 11.1 Å². The number of allylic oxidation sites excluding steroid dienone is 2. The van der Waals surface area contributed by atoms with Gasteiger partial charge in [-0.3, -0.25) is 0 Å². The summed E-state index contributed by atoms with van der Waals surface area (Å²) in [6.07, 6.45) is 17.7. The van der Waals surface area contributed by atoms with Crippen molar-refractivity contribution in [3.05, 3.63) is 69.6 Å². The van der Waals surface area contributed by atoms with Crippen LogP contribution in [0.15, 0.2) is 48.0 Å². The van der Waals surface area contributed by atoms with Crippen LogP contribution in [0.2, 0.25) is 0 Å². The topological polar surface area (TPSA) is 0 Å². The van der Waals surface area contributed by atoms with Gasteiger partial charge in [0.15, 0.2) is 0 Å². The number of rotatable bonds is 4. The van der Waals surface area contributed by atoms with Crippen molar-refractivity contribution in [3.63, 3.8) is 0 Å². The molecule has 1 saturated carbocycles. The Morgan fingerprint density at radius 2 is 1.78 bits per heavy atom. The molecule has 0 bridgehead atoms. The normalized spacial score (nSPS) is 17.8. The van der Waals surface area contributed by atoms with Gasteiger partial charge in [0.05, 0.1) is 0 Å². The van der Waals surface area contributed by atoms with Gasteiger partial charge >= 0.3 is 0 Å². The van der Waals surface area contributed by atoms with E-state index < -0.39 is 0 Å². The Morgan fingerprint density at radius 1 is 1.04 bits per heavy atom. The predicted octanol–water partition coefficient (Wildman–Crippen LogP) is 5.57. The first-order chi connectivity index (χ1) is 12.7. The molecule has 2 aliphatic carbocycles. The van der Waals surface area contributed by atoms with Gasteiger partial charge in [-0.25, -0.2) is 0 Å². The number of fused-ring (bicyclic) bond motifs is 1. The molecule has 2 aliphatic rings. The molecule has 2 aromatic carbocycles. The molecule has 0 aromatic heterocycles. The van der Waals surface area contributed by atoms with Crippen molar-refractivity contribution < 1.29 is 26.2 Å². The summed E-state index contributed by atoms with van der Waals surface area (Å²) < 4.78 is 0. The molecule has 0 unspecified atom stereocenters. The summed E-state index contributed by atoms with van der Waals surface area (Å²) in [5, 5.41) is 2.61. The molecule has 2 aromatic rings. The van der Waals surface area contributed by atoms with Crippen molar-refractivity contribution in [2.24, 2.45) is 5.92 Å². The minimum atomic E-state index is 0. The molecule has 0 aliphatic heterocycles. The summed E-state index contributed by atoms with van der Waals surface area (Å²) in [5.41, 5.74) is 6.71. The number of hydrogen-bond donors (Lipinski definition) is 0. The summed E-state index contributed by atoms with van der Waals surface area (Å²) >= 11 is 0. The van der Waals surface area contributed by atoms with Crippen LogP contribution in [0.1, 0.15) is 56.6 Å². The SMILES string of the molecule is CCCc1ccc(-c2cc(C)cc3c2=CC(=CC2CCCCC2)[C-]=3)cc1.[Zr]. The molecule has 1 heteroatoms. The van der Waals surface area contributed by atoms with Crippen LogP contribution in [0.25, 0.3) is 23.3 Å². The van der Waals surface area contributed by atoms with Crippen molar-refractivity contribution in [1.82, 2.24) is 0 Å². The molecule has 0 spiro atoms. The minimum absolute atomic E-state index is 0. The molecule has 0 saturated heterocycles. The van der Waals surface area contributed by atoms with E-state index in [1.807, 2.05) is 0 Å². The Bertz CT molecular complexity index is 925. The van der Waals surface area contributed by atoms with Gasteiger partial charge in [0.1, 0.15) is 0 Å². The van der Waals surface area contributed by atoms with Gasteiger partial charge in [-0.15, -0.1) is 40.3 Å². The van der Waals surface area contributed by atoms with Gasteiger partial charge in [0.2, 0.25) is 0 Å². The van der Waals surface area contributed by atoms with E-state index in [-0.39, 0.29) is 26.2 Å². The van der Waals surface area contributed by atoms with Crippen LogP contribution in [0.3, 0.4) is 0 Å². The fraction of sp³-hybridized carbons (Fsp3) is 0.385. The Labute approximate surface area is 183 Å². The first-order valence-electron chi connectivity index (χ1n) is 10.3. The van der Waals surface area contributed by atoms with Gasteiger partial charge in [-0.2, -0.15) is 0 Å². The number of hydrogen-bond acceptors (Lipinski definition) is 0. The summed E-state index contributed by atoms with van der Waals surface area (Å²) in [4.78, 5) is 0. The van der Waals surface area contributed by atoms with E-state index in [9.17, 15) is 0 Å². The van der Waals surface area contributed by atoms with E-state index >= 15 is 0 Å². The van der Waals surface area contributed by atoms with Crippen molar-refractivity contribution in [2.75, 3.05) is 0 Å². The molecule has 4 rings (SSSR count). The van der Waals surface area contributed by atoms with E-state index in [1.165, 1.54) is 76.8 Å². The smallest absolute Gasteiger partial charge is 0 e. The van der Waals surface area contributed by atoms with Crippen molar-refractivity contribution >= 4 is 12.2 Å². The maximum Gasteiger partial charge on any atom is 0 e. The van der Waals surface area contributed by atoms with Crippen LogP contribution < -0.4 is 10.4 Å². The molecule has 0 nitrogen and oxygen atoms in total. The van der Waals surface area contributed by atoms with E-state index in [1.54, 1.807) is 0 Å². The molecular weight excluding hydrogens is 404 g/mol. The zero-order valence-electron chi connectivity index (χ0n) is 16.6. The van der Waals surface area contributed by atoms with Crippen LogP contribution in [0.5, 0.6) is 0 Å². The summed E-state index contributed by atoms with van der Waals surface area (Å²) in [7, 11) is 0. The average molecular weight is 433 g/mol. The Kier molecular flexibility index (Phi) is 7.10. The van der Waals surface area contributed by atoms with Crippen LogP contribution in [0, 0.1) is 12.8 Å². The molecule has 27 heavy (non-hydrogen) atoms. The summed E-state index contributed by atoms with van der Waals surface area (Å²) in [6, 6.07) is 13.8. The third kappa shape index (κ3) is 4.81. The van der Waals surface area contributed by atoms with Crippen LogP contribution >= 0.6 is 0 Å². The Morgan fingerprint density at radius 3 is 2.48 bits per heavy atom. The quantitative estimate of drug-likeness (QED) is 0.554. The summed E-state index contributed by atoms with van der Waals surface area (Å²) in [5.74, 6) is 0.745. The third-order valence-electron chi connectivity index (χ3n) is 5.77. The predicted molar refractivity (Wildman–Crippen MR) is 112 cm³/mol. The zero-order valence-corrected chi connectivity index (χ0v) is 19.1. The maximum atomic E-state index is 3.67. The first kappa shape index (κ1) is 20.5. The van der Waals surface area contributed by atoms with Crippen molar-refractivity contribution in [1.29, 1.82) is 0 Å². The van der Waals surface area contributed by atoms with Crippen LogP contribution in [-0.2, 0) is 32.6 Å². The fourth-order valence-corrected chi connectivity index (χ4v) is 4.43. The second-order valence-corrected chi connectivity index (χ2v) is 8.01. The number of benzene rings is 2. The zero-order chi connectivity index (χ0) is 17.9. The molecule has 138 valence electrons. The molecule has 0 radical (unpaired) electrons. The molecule has 0 atom stereocenters. The largest absolute Gasteiger partial charge is 0.145 e.